The van der Waals surface area contributed by atoms with E-state index in [1.807, 2.05) is 0 Å². The van der Waals surface area contributed by atoms with Crippen LogP contribution in [0.1, 0.15) is 46.5 Å². The molecule has 0 aromatic carbocycles. The first-order valence-electron chi connectivity index (χ1n) is 6.46. The summed E-state index contributed by atoms with van der Waals surface area (Å²) < 4.78 is 4.98. The Balaban J connectivity index is 2.99. The lowest BCUT2D eigenvalue weighted by atomic mass is 9.62. The van der Waals surface area contributed by atoms with Crippen LogP contribution in [-0.4, -0.2) is 39.8 Å². The molecule has 1 fully saturated rings. The van der Waals surface area contributed by atoms with Gasteiger partial charge in [-0.1, -0.05) is 20.8 Å². The van der Waals surface area contributed by atoms with Crippen molar-refractivity contribution in [2.75, 3.05) is 6.61 Å². The van der Waals surface area contributed by atoms with E-state index in [-0.39, 0.29) is 5.41 Å². The van der Waals surface area contributed by atoms with Gasteiger partial charge in [-0.25, -0.2) is 4.79 Å². The van der Waals surface area contributed by atoms with E-state index in [0.29, 0.717) is 18.8 Å². The molecule has 106 valence electrons. The summed E-state index contributed by atoms with van der Waals surface area (Å²) in [6, 6.07) is 0. The molecule has 3 atom stereocenters. The minimum absolute atomic E-state index is 0.0795. The van der Waals surface area contributed by atoms with E-state index in [2.05, 4.69) is 20.8 Å². The zero-order valence-electron chi connectivity index (χ0n) is 11.3. The minimum atomic E-state index is -1.39. The number of carboxylic acid groups (broad SMARTS) is 1. The molecule has 0 radical (unpaired) electrons. The van der Waals surface area contributed by atoms with E-state index in [4.69, 9.17) is 14.9 Å². The molecule has 0 aliphatic heterocycles. The molecule has 18 heavy (non-hydrogen) atoms. The second kappa shape index (κ2) is 5.45. The molecule has 0 heterocycles. The van der Waals surface area contributed by atoms with Gasteiger partial charge >= 0.3 is 6.16 Å². The summed E-state index contributed by atoms with van der Waals surface area (Å²) in [6.45, 7) is 5.77. The Morgan fingerprint density at radius 2 is 2.00 bits per heavy atom. The average molecular weight is 260 g/mol. The van der Waals surface area contributed by atoms with Crippen LogP contribution in [0.4, 0.5) is 4.79 Å². The van der Waals surface area contributed by atoms with Crippen molar-refractivity contribution in [1.29, 1.82) is 0 Å². The monoisotopic (exact) mass is 260 g/mol. The molecule has 0 amide bonds. The molecule has 1 saturated carbocycles. The topological polar surface area (TPSA) is 87.0 Å². The first-order chi connectivity index (χ1) is 8.26. The van der Waals surface area contributed by atoms with Crippen molar-refractivity contribution in [2.45, 2.75) is 58.2 Å². The molecule has 0 aromatic rings. The quantitative estimate of drug-likeness (QED) is 0.673. The third-order valence-electron chi connectivity index (χ3n) is 4.52. The number of ether oxygens (including phenoxy) is 1. The molecule has 1 aliphatic carbocycles. The fourth-order valence-corrected chi connectivity index (χ4v) is 2.92. The van der Waals surface area contributed by atoms with Gasteiger partial charge in [-0.05, 0) is 37.0 Å². The van der Waals surface area contributed by atoms with Gasteiger partial charge < -0.3 is 20.1 Å². The first-order valence-corrected chi connectivity index (χ1v) is 6.46. The molecule has 5 heteroatoms. The van der Waals surface area contributed by atoms with Crippen LogP contribution in [-0.2, 0) is 4.74 Å². The predicted molar refractivity (Wildman–Crippen MR) is 66.3 cm³/mol. The highest BCUT2D eigenvalue weighted by Gasteiger charge is 2.50. The summed E-state index contributed by atoms with van der Waals surface area (Å²) in [5.74, 6) is 0.362. The van der Waals surface area contributed by atoms with Crippen molar-refractivity contribution in [3.05, 3.63) is 0 Å². The van der Waals surface area contributed by atoms with Crippen LogP contribution in [0.25, 0.3) is 0 Å². The average Bonchev–Trinajstić information content (AvgIpc) is 2.26. The van der Waals surface area contributed by atoms with Gasteiger partial charge in [0.15, 0.2) is 0 Å². The number of rotatable bonds is 4. The smallest absolute Gasteiger partial charge is 0.450 e. The lowest BCUT2D eigenvalue weighted by Crippen LogP contribution is -2.54. The molecule has 5 nitrogen and oxygen atoms in total. The van der Waals surface area contributed by atoms with E-state index < -0.39 is 24.5 Å². The highest BCUT2D eigenvalue weighted by atomic mass is 16.7. The Morgan fingerprint density at radius 3 is 2.44 bits per heavy atom. The van der Waals surface area contributed by atoms with Crippen molar-refractivity contribution in [2.24, 2.45) is 11.3 Å². The molecule has 0 spiro atoms. The number of aliphatic hydroxyl groups is 2. The summed E-state index contributed by atoms with van der Waals surface area (Å²) >= 11 is 0. The molecule has 0 unspecified atom stereocenters. The molecular formula is C13H24O5. The number of hydrogen-bond donors (Lipinski definition) is 3. The molecule has 0 aromatic heterocycles. The van der Waals surface area contributed by atoms with E-state index in [1.165, 1.54) is 0 Å². The Kier molecular flexibility index (Phi) is 4.61. The Hall–Kier alpha value is -0.810. The fraction of sp³-hybridized carbons (Fsp3) is 0.923. The van der Waals surface area contributed by atoms with Gasteiger partial charge in [-0.15, -0.1) is 0 Å². The van der Waals surface area contributed by atoms with Gasteiger partial charge in [0.1, 0.15) is 11.7 Å². The minimum Gasteiger partial charge on any atom is -0.450 e. The lowest BCUT2D eigenvalue weighted by molar-refractivity contribution is -0.155. The van der Waals surface area contributed by atoms with E-state index in [9.17, 15) is 9.90 Å². The van der Waals surface area contributed by atoms with E-state index >= 15 is 0 Å². The highest BCUT2D eigenvalue weighted by molar-refractivity contribution is 5.57. The van der Waals surface area contributed by atoms with Gasteiger partial charge in [0.05, 0.1) is 6.61 Å². The molecule has 3 N–H and O–H groups in total. The van der Waals surface area contributed by atoms with Crippen LogP contribution in [0.15, 0.2) is 0 Å². The first kappa shape index (κ1) is 15.2. The summed E-state index contributed by atoms with van der Waals surface area (Å²) in [7, 11) is 0. The number of aliphatic hydroxyl groups excluding tert-OH is 2. The second-order valence-electron chi connectivity index (χ2n) is 5.97. The van der Waals surface area contributed by atoms with Crippen LogP contribution in [0.5, 0.6) is 0 Å². The maximum Gasteiger partial charge on any atom is 0.506 e. The van der Waals surface area contributed by atoms with Gasteiger partial charge in [0.2, 0.25) is 0 Å². The maximum absolute atomic E-state index is 10.9. The third kappa shape index (κ3) is 2.95. The van der Waals surface area contributed by atoms with Gasteiger partial charge in [-0.2, -0.15) is 0 Å². The summed E-state index contributed by atoms with van der Waals surface area (Å²) in [5, 5.41) is 28.0. The largest absolute Gasteiger partial charge is 0.506 e. The fourth-order valence-electron chi connectivity index (χ4n) is 2.92. The van der Waals surface area contributed by atoms with Crippen LogP contribution >= 0.6 is 0 Å². The van der Waals surface area contributed by atoms with E-state index in [1.54, 1.807) is 0 Å². The Labute approximate surface area is 108 Å². The van der Waals surface area contributed by atoms with Crippen LogP contribution in [0, 0.1) is 11.3 Å². The van der Waals surface area contributed by atoms with Crippen molar-refractivity contribution in [3.63, 3.8) is 0 Å². The summed E-state index contributed by atoms with van der Waals surface area (Å²) in [6.07, 6.45) is 0.129. The third-order valence-corrected chi connectivity index (χ3v) is 4.52. The SMILES string of the molecule is CC(C)[C@]1(C)CCC[C@](OC(=O)O)([C@@H](O)CO)C1. The highest BCUT2D eigenvalue weighted by Crippen LogP contribution is 2.48. The normalized spacial score (nSPS) is 34.3. The van der Waals surface area contributed by atoms with Gasteiger partial charge in [-0.3, -0.25) is 0 Å². The second-order valence-corrected chi connectivity index (χ2v) is 5.97. The summed E-state index contributed by atoms with van der Waals surface area (Å²) in [4.78, 5) is 10.9. The maximum atomic E-state index is 10.9. The van der Waals surface area contributed by atoms with Crippen molar-refractivity contribution >= 4 is 6.16 Å². The summed E-state index contributed by atoms with van der Waals surface area (Å²) in [5.41, 5.74) is -1.25. The van der Waals surface area contributed by atoms with Crippen LogP contribution in [0.3, 0.4) is 0 Å². The van der Waals surface area contributed by atoms with E-state index in [0.717, 1.165) is 12.8 Å². The van der Waals surface area contributed by atoms with Gasteiger partial charge in [0, 0.05) is 0 Å². The molecule has 0 saturated heterocycles. The number of carbonyl (C=O) groups is 1. The zero-order chi connectivity index (χ0) is 14.0. The van der Waals surface area contributed by atoms with Crippen LogP contribution < -0.4 is 0 Å². The standard InChI is InChI=1S/C13H24O5/c1-9(2)12(3)5-4-6-13(8-12,10(15)7-14)18-11(16)17/h9-10,14-15H,4-8H2,1-3H3,(H,16,17)/t10-,12+,13+/m0/s1. The number of hydrogen-bond acceptors (Lipinski definition) is 4. The lowest BCUT2D eigenvalue weighted by Gasteiger charge is -2.48. The van der Waals surface area contributed by atoms with Crippen molar-refractivity contribution < 1.29 is 24.9 Å². The van der Waals surface area contributed by atoms with Crippen LogP contribution in [0.2, 0.25) is 0 Å². The molecule has 1 rings (SSSR count). The van der Waals surface area contributed by atoms with Crippen molar-refractivity contribution in [1.82, 2.24) is 0 Å². The zero-order valence-corrected chi connectivity index (χ0v) is 11.3. The Morgan fingerprint density at radius 1 is 1.39 bits per heavy atom. The predicted octanol–water partition coefficient (Wildman–Crippen LogP) is 2.01. The molecular weight excluding hydrogens is 236 g/mol. The van der Waals surface area contributed by atoms with Crippen molar-refractivity contribution in [3.8, 4) is 0 Å². The Bertz CT molecular complexity index is 304. The van der Waals surface area contributed by atoms with Gasteiger partial charge in [0.25, 0.3) is 0 Å². The molecule has 1 aliphatic rings. The molecule has 0 bridgehead atoms.